The standard InChI is InChI=1S/C26H19ClN4O2/c1-33-24-10-6-5-9-23(24)29-26(32)19(16-28)15-20-17-31(22-7-3-2-4-8-22)30-25(20)18-11-13-21(27)14-12-18/h2-15,17H,1H3,(H,29,32)/b19-15-. The predicted octanol–water partition coefficient (Wildman–Crippen LogP) is 5.75. The van der Waals surface area contributed by atoms with Crippen LogP contribution in [0, 0.1) is 11.3 Å². The van der Waals surface area contributed by atoms with Crippen molar-refractivity contribution in [1.82, 2.24) is 9.78 Å². The molecular weight excluding hydrogens is 436 g/mol. The van der Waals surface area contributed by atoms with Crippen LogP contribution in [0.1, 0.15) is 5.56 Å². The highest BCUT2D eigenvalue weighted by Crippen LogP contribution is 2.28. The first kappa shape index (κ1) is 21.9. The van der Waals surface area contributed by atoms with Gasteiger partial charge in [-0.15, -0.1) is 0 Å². The average molecular weight is 455 g/mol. The number of anilines is 1. The van der Waals surface area contributed by atoms with Crippen molar-refractivity contribution in [3.8, 4) is 28.8 Å². The number of carbonyl (C=O) groups is 1. The number of benzene rings is 3. The van der Waals surface area contributed by atoms with Crippen molar-refractivity contribution in [2.45, 2.75) is 0 Å². The number of rotatable bonds is 6. The molecule has 4 rings (SSSR count). The number of para-hydroxylation sites is 3. The molecule has 0 atom stereocenters. The highest BCUT2D eigenvalue weighted by atomic mass is 35.5. The lowest BCUT2D eigenvalue weighted by Crippen LogP contribution is -2.14. The van der Waals surface area contributed by atoms with Crippen LogP contribution in [0.3, 0.4) is 0 Å². The molecule has 3 aromatic carbocycles. The lowest BCUT2D eigenvalue weighted by molar-refractivity contribution is -0.112. The largest absolute Gasteiger partial charge is 0.495 e. The van der Waals surface area contributed by atoms with Crippen molar-refractivity contribution in [2.24, 2.45) is 0 Å². The summed E-state index contributed by atoms with van der Waals surface area (Å²) in [5.74, 6) is -0.0431. The molecule has 162 valence electrons. The molecule has 1 heterocycles. The number of nitrogens with one attached hydrogen (secondary N) is 1. The van der Waals surface area contributed by atoms with Crippen LogP contribution < -0.4 is 10.1 Å². The minimum absolute atomic E-state index is 0.0660. The van der Waals surface area contributed by atoms with Crippen LogP contribution in [0.2, 0.25) is 5.02 Å². The maximum atomic E-state index is 12.9. The summed E-state index contributed by atoms with van der Waals surface area (Å²) < 4.78 is 6.99. The van der Waals surface area contributed by atoms with Gasteiger partial charge in [-0.3, -0.25) is 4.79 Å². The fourth-order valence-electron chi connectivity index (χ4n) is 3.28. The van der Waals surface area contributed by atoms with Crippen LogP contribution in [0.25, 0.3) is 23.0 Å². The van der Waals surface area contributed by atoms with Crippen LogP contribution in [-0.4, -0.2) is 22.8 Å². The number of methoxy groups -OCH3 is 1. The smallest absolute Gasteiger partial charge is 0.266 e. The van der Waals surface area contributed by atoms with Crippen LogP contribution in [0.15, 0.2) is 90.6 Å². The fraction of sp³-hybridized carbons (Fsp3) is 0.0385. The van der Waals surface area contributed by atoms with E-state index >= 15 is 0 Å². The van der Waals surface area contributed by atoms with E-state index in [1.54, 1.807) is 47.3 Å². The van der Waals surface area contributed by atoms with Gasteiger partial charge >= 0.3 is 0 Å². The molecule has 0 spiro atoms. The van der Waals surface area contributed by atoms with Gasteiger partial charge in [0, 0.05) is 22.3 Å². The highest BCUT2D eigenvalue weighted by Gasteiger charge is 2.16. The van der Waals surface area contributed by atoms with Crippen LogP contribution in [0.5, 0.6) is 5.75 Å². The zero-order valence-electron chi connectivity index (χ0n) is 17.7. The fourth-order valence-corrected chi connectivity index (χ4v) is 3.41. The summed E-state index contributed by atoms with van der Waals surface area (Å²) in [5.41, 5.74) is 3.31. The Morgan fingerprint density at radius 2 is 1.76 bits per heavy atom. The Bertz CT molecular complexity index is 1350. The van der Waals surface area contributed by atoms with Gasteiger partial charge in [-0.25, -0.2) is 4.68 Å². The Morgan fingerprint density at radius 3 is 2.45 bits per heavy atom. The van der Waals surface area contributed by atoms with Gasteiger partial charge in [0.05, 0.1) is 24.2 Å². The van der Waals surface area contributed by atoms with Gasteiger partial charge in [0.25, 0.3) is 5.91 Å². The Balaban J connectivity index is 1.75. The molecule has 0 aliphatic heterocycles. The van der Waals surface area contributed by atoms with E-state index in [0.29, 0.717) is 27.7 Å². The van der Waals surface area contributed by atoms with Crippen molar-refractivity contribution in [2.75, 3.05) is 12.4 Å². The van der Waals surface area contributed by atoms with Gasteiger partial charge in [0.1, 0.15) is 17.4 Å². The zero-order valence-corrected chi connectivity index (χ0v) is 18.5. The van der Waals surface area contributed by atoms with E-state index in [-0.39, 0.29) is 5.57 Å². The maximum Gasteiger partial charge on any atom is 0.266 e. The molecule has 0 saturated heterocycles. The summed E-state index contributed by atoms with van der Waals surface area (Å²) in [4.78, 5) is 12.9. The first-order valence-electron chi connectivity index (χ1n) is 10.1. The summed E-state index contributed by atoms with van der Waals surface area (Å²) in [7, 11) is 1.52. The summed E-state index contributed by atoms with van der Waals surface area (Å²) in [6, 6.07) is 25.8. The molecule has 0 fully saturated rings. The third-order valence-electron chi connectivity index (χ3n) is 4.90. The molecule has 33 heavy (non-hydrogen) atoms. The molecule has 7 heteroatoms. The molecule has 1 aromatic heterocycles. The first-order chi connectivity index (χ1) is 16.1. The van der Waals surface area contributed by atoms with Crippen molar-refractivity contribution in [1.29, 1.82) is 5.26 Å². The molecule has 0 bridgehead atoms. The van der Waals surface area contributed by atoms with Crippen molar-refractivity contribution < 1.29 is 9.53 Å². The number of carbonyl (C=O) groups excluding carboxylic acids is 1. The molecule has 0 unspecified atom stereocenters. The number of nitriles is 1. The van der Waals surface area contributed by atoms with Crippen molar-refractivity contribution in [3.63, 3.8) is 0 Å². The lowest BCUT2D eigenvalue weighted by atomic mass is 10.1. The van der Waals surface area contributed by atoms with Crippen molar-refractivity contribution >= 4 is 29.3 Å². The van der Waals surface area contributed by atoms with Gasteiger partial charge in [-0.1, -0.05) is 54.1 Å². The van der Waals surface area contributed by atoms with Gasteiger partial charge in [-0.05, 0) is 42.5 Å². The first-order valence-corrected chi connectivity index (χ1v) is 10.4. The molecular formula is C26H19ClN4O2. The Hall–Kier alpha value is -4.34. The summed E-state index contributed by atoms with van der Waals surface area (Å²) in [6.07, 6.45) is 3.31. The van der Waals surface area contributed by atoms with E-state index in [9.17, 15) is 10.1 Å². The lowest BCUT2D eigenvalue weighted by Gasteiger charge is -2.09. The molecule has 0 radical (unpaired) electrons. The Labute approximate surface area is 196 Å². The summed E-state index contributed by atoms with van der Waals surface area (Å²) >= 11 is 6.05. The molecule has 4 aromatic rings. The van der Waals surface area contributed by atoms with E-state index in [2.05, 4.69) is 5.32 Å². The Kier molecular flexibility index (Phi) is 6.53. The van der Waals surface area contributed by atoms with Crippen LogP contribution in [0.4, 0.5) is 5.69 Å². The number of hydrogen-bond donors (Lipinski definition) is 1. The summed E-state index contributed by atoms with van der Waals surface area (Å²) in [6.45, 7) is 0. The van der Waals surface area contributed by atoms with E-state index < -0.39 is 5.91 Å². The topological polar surface area (TPSA) is 79.9 Å². The molecule has 0 saturated carbocycles. The molecule has 1 N–H and O–H groups in total. The second kappa shape index (κ2) is 9.86. The molecule has 1 amide bonds. The predicted molar refractivity (Wildman–Crippen MR) is 129 cm³/mol. The number of nitrogens with zero attached hydrogens (tertiary/aromatic N) is 3. The molecule has 0 aliphatic rings. The van der Waals surface area contributed by atoms with Crippen molar-refractivity contribution in [3.05, 3.63) is 101 Å². The average Bonchev–Trinajstić information content (AvgIpc) is 3.27. The zero-order chi connectivity index (χ0) is 23.2. The second-order valence-corrected chi connectivity index (χ2v) is 7.48. The third kappa shape index (κ3) is 4.95. The van der Waals surface area contributed by atoms with E-state index in [1.165, 1.54) is 13.2 Å². The molecule has 6 nitrogen and oxygen atoms in total. The molecule has 0 aliphatic carbocycles. The number of amides is 1. The van der Waals surface area contributed by atoms with E-state index in [1.807, 2.05) is 48.5 Å². The Morgan fingerprint density at radius 1 is 1.06 bits per heavy atom. The third-order valence-corrected chi connectivity index (χ3v) is 5.15. The minimum atomic E-state index is -0.545. The number of ether oxygens (including phenoxy) is 1. The van der Waals surface area contributed by atoms with Crippen LogP contribution >= 0.6 is 11.6 Å². The van der Waals surface area contributed by atoms with E-state index in [0.717, 1.165) is 11.3 Å². The highest BCUT2D eigenvalue weighted by molar-refractivity contribution is 6.30. The quantitative estimate of drug-likeness (QED) is 0.297. The normalized spacial score (nSPS) is 11.0. The SMILES string of the molecule is COc1ccccc1NC(=O)/C(C#N)=C\c1cn(-c2ccccc2)nc1-c1ccc(Cl)cc1. The van der Waals surface area contributed by atoms with Gasteiger partial charge < -0.3 is 10.1 Å². The number of hydrogen-bond acceptors (Lipinski definition) is 4. The van der Waals surface area contributed by atoms with Gasteiger partial charge in [-0.2, -0.15) is 10.4 Å². The van der Waals surface area contributed by atoms with Gasteiger partial charge in [0.15, 0.2) is 0 Å². The van der Waals surface area contributed by atoms with Crippen LogP contribution in [-0.2, 0) is 4.79 Å². The maximum absolute atomic E-state index is 12.9. The van der Waals surface area contributed by atoms with E-state index in [4.69, 9.17) is 21.4 Å². The monoisotopic (exact) mass is 454 g/mol. The second-order valence-electron chi connectivity index (χ2n) is 7.04. The summed E-state index contributed by atoms with van der Waals surface area (Å²) in [5, 5.41) is 17.8. The van der Waals surface area contributed by atoms with Gasteiger partial charge in [0.2, 0.25) is 0 Å². The minimum Gasteiger partial charge on any atom is -0.495 e. The number of halogens is 1. The number of aromatic nitrogens is 2.